The van der Waals surface area contributed by atoms with Gasteiger partial charge in [-0.3, -0.25) is 14.9 Å². The summed E-state index contributed by atoms with van der Waals surface area (Å²) in [5.41, 5.74) is 1.84. The minimum atomic E-state index is -0.360. The van der Waals surface area contributed by atoms with Crippen LogP contribution in [0.4, 0.5) is 11.4 Å². The number of carbonyl (C=O) groups excluding carboxylic acids is 1. The maximum absolute atomic E-state index is 11.3. The molecular weight excluding hydrogens is 244 g/mol. The molecule has 1 fully saturated rings. The average Bonchev–Trinajstić information content (AvgIpc) is 2.38. The third-order valence-electron chi connectivity index (χ3n) is 3.81. The lowest BCUT2D eigenvalue weighted by atomic mass is 9.93. The Morgan fingerprint density at radius 3 is 2.47 bits per heavy atom. The topological polar surface area (TPSA) is 63.5 Å². The van der Waals surface area contributed by atoms with Crippen LogP contribution in [0.1, 0.15) is 25.3 Å². The standard InChI is InChI=1S/C14H18N2O3/c1-10-9-13(3-4-14(10)16(18)19)15-7-5-12(6-8-15)11(2)17/h3-4,9,12H,5-8H2,1-2H3. The lowest BCUT2D eigenvalue weighted by molar-refractivity contribution is -0.385. The van der Waals surface area contributed by atoms with Gasteiger partial charge in [0.2, 0.25) is 0 Å². The smallest absolute Gasteiger partial charge is 0.272 e. The van der Waals surface area contributed by atoms with Crippen molar-refractivity contribution in [1.82, 2.24) is 0 Å². The molecule has 102 valence electrons. The molecule has 19 heavy (non-hydrogen) atoms. The number of nitro benzene ring substituents is 1. The second-order valence-electron chi connectivity index (χ2n) is 5.10. The average molecular weight is 262 g/mol. The third-order valence-corrected chi connectivity index (χ3v) is 3.81. The minimum Gasteiger partial charge on any atom is -0.371 e. The molecule has 0 saturated carbocycles. The molecule has 0 amide bonds. The number of rotatable bonds is 3. The van der Waals surface area contributed by atoms with Gasteiger partial charge in [-0.25, -0.2) is 0 Å². The first kappa shape index (κ1) is 13.5. The molecule has 5 heteroatoms. The van der Waals surface area contributed by atoms with Crippen LogP contribution in [0, 0.1) is 23.0 Å². The predicted octanol–water partition coefficient (Wildman–Crippen LogP) is 2.71. The summed E-state index contributed by atoms with van der Waals surface area (Å²) in [5.74, 6) is 0.440. The molecule has 1 aromatic rings. The van der Waals surface area contributed by atoms with Crippen LogP contribution >= 0.6 is 0 Å². The summed E-state index contributed by atoms with van der Waals surface area (Å²) in [6, 6.07) is 5.20. The van der Waals surface area contributed by atoms with E-state index in [9.17, 15) is 14.9 Å². The number of piperidine rings is 1. The predicted molar refractivity (Wildman–Crippen MR) is 73.5 cm³/mol. The normalized spacial score (nSPS) is 16.4. The van der Waals surface area contributed by atoms with Crippen molar-refractivity contribution in [2.24, 2.45) is 5.92 Å². The Bertz CT molecular complexity index is 505. The zero-order valence-corrected chi connectivity index (χ0v) is 11.3. The molecule has 2 rings (SSSR count). The molecule has 1 heterocycles. The summed E-state index contributed by atoms with van der Waals surface area (Å²) in [6.07, 6.45) is 1.73. The largest absolute Gasteiger partial charge is 0.371 e. The number of Topliss-reactive ketones (excluding diaryl/α,β-unsaturated/α-hetero) is 1. The summed E-state index contributed by atoms with van der Waals surface area (Å²) < 4.78 is 0. The van der Waals surface area contributed by atoms with Crippen molar-refractivity contribution in [2.45, 2.75) is 26.7 Å². The van der Waals surface area contributed by atoms with E-state index in [-0.39, 0.29) is 22.3 Å². The summed E-state index contributed by atoms with van der Waals surface area (Å²) in [5, 5.41) is 10.8. The molecule has 5 nitrogen and oxygen atoms in total. The Morgan fingerprint density at radius 2 is 2.00 bits per heavy atom. The number of benzene rings is 1. The van der Waals surface area contributed by atoms with Gasteiger partial charge in [-0.1, -0.05) is 0 Å². The van der Waals surface area contributed by atoms with Gasteiger partial charge in [0.15, 0.2) is 0 Å². The molecule has 0 bridgehead atoms. The fourth-order valence-electron chi connectivity index (χ4n) is 2.59. The second-order valence-corrected chi connectivity index (χ2v) is 5.10. The van der Waals surface area contributed by atoms with Gasteiger partial charge in [0.05, 0.1) is 4.92 Å². The number of hydrogen-bond donors (Lipinski definition) is 0. The molecule has 0 atom stereocenters. The van der Waals surface area contributed by atoms with E-state index in [0.29, 0.717) is 5.56 Å². The van der Waals surface area contributed by atoms with E-state index in [2.05, 4.69) is 4.90 Å². The quantitative estimate of drug-likeness (QED) is 0.620. The number of ketones is 1. The third kappa shape index (κ3) is 2.92. The molecule has 0 unspecified atom stereocenters. The zero-order chi connectivity index (χ0) is 14.0. The number of nitrogens with zero attached hydrogens (tertiary/aromatic N) is 2. The van der Waals surface area contributed by atoms with Crippen molar-refractivity contribution in [3.63, 3.8) is 0 Å². The van der Waals surface area contributed by atoms with Crippen LogP contribution in [0.15, 0.2) is 18.2 Å². The van der Waals surface area contributed by atoms with E-state index in [4.69, 9.17) is 0 Å². The molecule has 1 saturated heterocycles. The highest BCUT2D eigenvalue weighted by Gasteiger charge is 2.23. The van der Waals surface area contributed by atoms with E-state index in [1.165, 1.54) is 0 Å². The summed E-state index contributed by atoms with van der Waals surface area (Å²) in [4.78, 5) is 23.9. The lowest BCUT2D eigenvalue weighted by Gasteiger charge is -2.32. The maximum Gasteiger partial charge on any atom is 0.272 e. The van der Waals surface area contributed by atoms with E-state index >= 15 is 0 Å². The Hall–Kier alpha value is -1.91. The van der Waals surface area contributed by atoms with Gasteiger partial charge in [-0.15, -0.1) is 0 Å². The van der Waals surface area contributed by atoms with E-state index in [1.54, 1.807) is 26.0 Å². The van der Waals surface area contributed by atoms with Crippen LogP contribution in [0.2, 0.25) is 0 Å². The Kier molecular flexibility index (Phi) is 3.83. The molecule has 0 spiro atoms. The Morgan fingerprint density at radius 1 is 1.37 bits per heavy atom. The van der Waals surface area contributed by atoms with Crippen LogP contribution in [0.25, 0.3) is 0 Å². The van der Waals surface area contributed by atoms with Crippen LogP contribution in [-0.2, 0) is 4.79 Å². The van der Waals surface area contributed by atoms with Crippen LogP contribution in [-0.4, -0.2) is 23.8 Å². The van der Waals surface area contributed by atoms with Gasteiger partial charge in [-0.2, -0.15) is 0 Å². The summed E-state index contributed by atoms with van der Waals surface area (Å²) in [6.45, 7) is 5.07. The Balaban J connectivity index is 2.10. The fraction of sp³-hybridized carbons (Fsp3) is 0.500. The van der Waals surface area contributed by atoms with Crippen LogP contribution < -0.4 is 4.90 Å². The van der Waals surface area contributed by atoms with Crippen molar-refractivity contribution in [3.8, 4) is 0 Å². The van der Waals surface area contributed by atoms with Gasteiger partial charge in [0.1, 0.15) is 5.78 Å². The highest BCUT2D eigenvalue weighted by Crippen LogP contribution is 2.28. The number of aryl methyl sites for hydroxylation is 1. The minimum absolute atomic E-state index is 0.155. The summed E-state index contributed by atoms with van der Waals surface area (Å²) in [7, 11) is 0. The zero-order valence-electron chi connectivity index (χ0n) is 11.3. The molecular formula is C14H18N2O3. The van der Waals surface area contributed by atoms with Crippen LogP contribution in [0.5, 0.6) is 0 Å². The maximum atomic E-state index is 11.3. The Labute approximate surface area is 112 Å². The van der Waals surface area contributed by atoms with Crippen molar-refractivity contribution in [3.05, 3.63) is 33.9 Å². The van der Waals surface area contributed by atoms with E-state index < -0.39 is 0 Å². The first-order chi connectivity index (χ1) is 8.99. The summed E-state index contributed by atoms with van der Waals surface area (Å²) >= 11 is 0. The van der Waals surface area contributed by atoms with E-state index in [0.717, 1.165) is 31.6 Å². The monoisotopic (exact) mass is 262 g/mol. The molecule has 0 aromatic heterocycles. The number of carbonyl (C=O) groups is 1. The molecule has 0 aliphatic carbocycles. The molecule has 0 radical (unpaired) electrons. The van der Waals surface area contributed by atoms with Crippen molar-refractivity contribution < 1.29 is 9.72 Å². The van der Waals surface area contributed by atoms with E-state index in [1.807, 2.05) is 6.07 Å². The second kappa shape index (κ2) is 5.38. The number of nitro groups is 1. The molecule has 0 N–H and O–H groups in total. The first-order valence-corrected chi connectivity index (χ1v) is 6.49. The highest BCUT2D eigenvalue weighted by molar-refractivity contribution is 5.78. The van der Waals surface area contributed by atoms with Gasteiger partial charge < -0.3 is 4.90 Å². The first-order valence-electron chi connectivity index (χ1n) is 6.49. The fourth-order valence-corrected chi connectivity index (χ4v) is 2.59. The van der Waals surface area contributed by atoms with Crippen molar-refractivity contribution in [2.75, 3.05) is 18.0 Å². The molecule has 1 aliphatic heterocycles. The van der Waals surface area contributed by atoms with Crippen molar-refractivity contribution in [1.29, 1.82) is 0 Å². The van der Waals surface area contributed by atoms with Gasteiger partial charge in [-0.05, 0) is 38.8 Å². The molecule has 1 aliphatic rings. The number of anilines is 1. The van der Waals surface area contributed by atoms with Crippen molar-refractivity contribution >= 4 is 17.2 Å². The van der Waals surface area contributed by atoms with Gasteiger partial charge in [0, 0.05) is 36.3 Å². The van der Waals surface area contributed by atoms with Crippen LogP contribution in [0.3, 0.4) is 0 Å². The lowest BCUT2D eigenvalue weighted by Crippen LogP contribution is -2.35. The highest BCUT2D eigenvalue weighted by atomic mass is 16.6. The SMILES string of the molecule is CC(=O)C1CCN(c2ccc([N+](=O)[O-])c(C)c2)CC1. The van der Waals surface area contributed by atoms with Gasteiger partial charge >= 0.3 is 0 Å². The van der Waals surface area contributed by atoms with Gasteiger partial charge in [0.25, 0.3) is 5.69 Å². The molecule has 1 aromatic carbocycles. The number of hydrogen-bond acceptors (Lipinski definition) is 4.